The van der Waals surface area contributed by atoms with Crippen LogP contribution in [0.1, 0.15) is 49.5 Å². The van der Waals surface area contributed by atoms with Crippen molar-refractivity contribution in [3.63, 3.8) is 0 Å². The molecule has 144 valence electrons. The van der Waals surface area contributed by atoms with Crippen molar-refractivity contribution >= 4 is 21.6 Å². The van der Waals surface area contributed by atoms with Gasteiger partial charge >= 0.3 is 0 Å². The normalized spacial score (nSPS) is 17.4. The molecule has 0 saturated carbocycles. The van der Waals surface area contributed by atoms with E-state index in [0.29, 0.717) is 17.7 Å². The van der Waals surface area contributed by atoms with E-state index in [-0.39, 0.29) is 22.9 Å². The lowest BCUT2D eigenvalue weighted by Crippen LogP contribution is -2.35. The Labute approximate surface area is 161 Å². The van der Waals surface area contributed by atoms with Gasteiger partial charge in [0.25, 0.3) is 15.9 Å². The number of hydrogen-bond acceptors (Lipinski definition) is 3. The van der Waals surface area contributed by atoms with E-state index in [1.54, 1.807) is 42.5 Å². The lowest BCUT2D eigenvalue weighted by Gasteiger charge is -2.24. The fraction of sp³-hybridized carbons (Fsp3) is 0.381. The highest BCUT2D eigenvalue weighted by Gasteiger charge is 2.36. The van der Waals surface area contributed by atoms with Crippen LogP contribution in [0.5, 0.6) is 0 Å². The Morgan fingerprint density at radius 2 is 1.93 bits per heavy atom. The van der Waals surface area contributed by atoms with Gasteiger partial charge in [0, 0.05) is 17.6 Å². The molecule has 2 atom stereocenters. The zero-order chi connectivity index (χ0) is 19.6. The third kappa shape index (κ3) is 3.86. The van der Waals surface area contributed by atoms with E-state index in [4.69, 9.17) is 0 Å². The number of benzene rings is 2. The Morgan fingerprint density at radius 1 is 1.22 bits per heavy atom. The summed E-state index contributed by atoms with van der Waals surface area (Å²) in [7, 11) is -3.63. The molecule has 3 rings (SSSR count). The number of rotatable bonds is 6. The Bertz CT molecular complexity index is 926. The van der Waals surface area contributed by atoms with Crippen molar-refractivity contribution < 1.29 is 13.2 Å². The second-order valence-electron chi connectivity index (χ2n) is 7.17. The highest BCUT2D eigenvalue weighted by Crippen LogP contribution is 2.37. The maximum Gasteiger partial charge on any atom is 0.264 e. The first-order valence-electron chi connectivity index (χ1n) is 9.38. The molecule has 2 aromatic rings. The molecule has 0 spiro atoms. The molecule has 1 N–H and O–H groups in total. The van der Waals surface area contributed by atoms with Crippen LogP contribution in [0, 0.1) is 0 Å². The molecule has 2 aromatic carbocycles. The molecule has 0 saturated heterocycles. The molecule has 0 unspecified atom stereocenters. The van der Waals surface area contributed by atoms with Gasteiger partial charge < -0.3 is 5.32 Å². The first-order chi connectivity index (χ1) is 12.8. The third-order valence-electron chi connectivity index (χ3n) is 4.89. The molecule has 1 amide bonds. The number of hydrogen-bond donors (Lipinski definition) is 1. The summed E-state index contributed by atoms with van der Waals surface area (Å²) >= 11 is 0. The Balaban J connectivity index is 1.89. The van der Waals surface area contributed by atoms with Gasteiger partial charge in [-0.3, -0.25) is 9.10 Å². The summed E-state index contributed by atoms with van der Waals surface area (Å²) in [5.74, 6) is -0.115. The van der Waals surface area contributed by atoms with E-state index in [2.05, 4.69) is 12.2 Å². The molecule has 27 heavy (non-hydrogen) atoms. The van der Waals surface area contributed by atoms with Crippen LogP contribution in [-0.2, 0) is 16.4 Å². The maximum atomic E-state index is 13.1. The van der Waals surface area contributed by atoms with Crippen molar-refractivity contribution in [2.45, 2.75) is 57.0 Å². The monoisotopic (exact) mass is 386 g/mol. The molecule has 1 heterocycles. The van der Waals surface area contributed by atoms with Crippen LogP contribution in [0.4, 0.5) is 5.69 Å². The highest BCUT2D eigenvalue weighted by atomic mass is 32.2. The molecule has 0 fully saturated rings. The van der Waals surface area contributed by atoms with Crippen LogP contribution < -0.4 is 9.62 Å². The molecule has 0 aliphatic carbocycles. The minimum absolute atomic E-state index is 0.115. The van der Waals surface area contributed by atoms with Crippen molar-refractivity contribution in [1.29, 1.82) is 0 Å². The second-order valence-corrected chi connectivity index (χ2v) is 8.99. The molecule has 0 radical (unpaired) electrons. The van der Waals surface area contributed by atoms with E-state index in [1.165, 1.54) is 4.31 Å². The summed E-state index contributed by atoms with van der Waals surface area (Å²) in [5.41, 5.74) is 2.12. The van der Waals surface area contributed by atoms with Crippen molar-refractivity contribution in [1.82, 2.24) is 5.32 Å². The van der Waals surface area contributed by atoms with Gasteiger partial charge in [-0.1, -0.05) is 31.5 Å². The van der Waals surface area contributed by atoms with Gasteiger partial charge in [-0.15, -0.1) is 0 Å². The summed E-state index contributed by atoms with van der Waals surface area (Å²) < 4.78 is 27.7. The molecular formula is C21H26N2O3S. The summed E-state index contributed by atoms with van der Waals surface area (Å²) in [4.78, 5) is 12.7. The lowest BCUT2D eigenvalue weighted by atomic mass is 10.1. The topological polar surface area (TPSA) is 66.5 Å². The second kappa shape index (κ2) is 7.72. The number of amides is 1. The highest BCUT2D eigenvalue weighted by molar-refractivity contribution is 7.92. The SMILES string of the molecule is CCC[C@@H](C)NC(=O)c1ccc2c(c1)C[C@H](C)N2S(=O)(=O)c1ccccc1. The largest absolute Gasteiger partial charge is 0.350 e. The number of nitrogens with one attached hydrogen (secondary N) is 1. The minimum Gasteiger partial charge on any atom is -0.350 e. The summed E-state index contributed by atoms with van der Waals surface area (Å²) in [6.45, 7) is 5.97. The smallest absolute Gasteiger partial charge is 0.264 e. The van der Waals surface area contributed by atoms with Gasteiger partial charge in [0.1, 0.15) is 0 Å². The quantitative estimate of drug-likeness (QED) is 0.822. The fourth-order valence-corrected chi connectivity index (χ4v) is 5.34. The lowest BCUT2D eigenvalue weighted by molar-refractivity contribution is 0.0938. The van der Waals surface area contributed by atoms with Gasteiger partial charge in [-0.2, -0.15) is 0 Å². The number of nitrogens with zero attached hydrogens (tertiary/aromatic N) is 1. The Kier molecular flexibility index (Phi) is 5.56. The minimum atomic E-state index is -3.63. The van der Waals surface area contributed by atoms with E-state index >= 15 is 0 Å². The van der Waals surface area contributed by atoms with E-state index in [0.717, 1.165) is 18.4 Å². The van der Waals surface area contributed by atoms with E-state index in [9.17, 15) is 13.2 Å². The maximum absolute atomic E-state index is 13.1. The van der Waals surface area contributed by atoms with Crippen molar-refractivity contribution in [3.05, 3.63) is 59.7 Å². The first-order valence-corrected chi connectivity index (χ1v) is 10.8. The number of carbonyl (C=O) groups is 1. The summed E-state index contributed by atoms with van der Waals surface area (Å²) in [6.07, 6.45) is 2.53. The fourth-order valence-electron chi connectivity index (χ4n) is 3.63. The van der Waals surface area contributed by atoms with E-state index in [1.807, 2.05) is 19.9 Å². The third-order valence-corrected chi connectivity index (χ3v) is 6.84. The van der Waals surface area contributed by atoms with Crippen molar-refractivity contribution in [2.24, 2.45) is 0 Å². The zero-order valence-electron chi connectivity index (χ0n) is 16.0. The first kappa shape index (κ1) is 19.4. The van der Waals surface area contributed by atoms with Gasteiger partial charge in [0.05, 0.1) is 10.6 Å². The number of sulfonamides is 1. The molecule has 5 nitrogen and oxygen atoms in total. The van der Waals surface area contributed by atoms with Crippen LogP contribution in [0.15, 0.2) is 53.4 Å². The molecule has 0 aromatic heterocycles. The average molecular weight is 387 g/mol. The molecule has 0 bridgehead atoms. The Morgan fingerprint density at radius 3 is 2.59 bits per heavy atom. The van der Waals surface area contributed by atoms with Gasteiger partial charge in [-0.05, 0) is 62.6 Å². The predicted molar refractivity (Wildman–Crippen MR) is 108 cm³/mol. The number of carbonyl (C=O) groups excluding carboxylic acids is 1. The van der Waals surface area contributed by atoms with Gasteiger partial charge in [0.2, 0.25) is 0 Å². The molecule has 6 heteroatoms. The summed E-state index contributed by atoms with van der Waals surface area (Å²) in [5, 5.41) is 3.00. The predicted octanol–water partition coefficient (Wildman–Crippen LogP) is 3.74. The van der Waals surface area contributed by atoms with Gasteiger partial charge in [-0.25, -0.2) is 8.42 Å². The zero-order valence-corrected chi connectivity index (χ0v) is 16.8. The molecule has 1 aliphatic heterocycles. The average Bonchev–Trinajstić information content (AvgIpc) is 2.98. The summed E-state index contributed by atoms with van der Waals surface area (Å²) in [6, 6.07) is 13.7. The standard InChI is InChI=1S/C21H26N2O3S/c1-4-8-15(2)22-21(24)17-11-12-20-18(14-17)13-16(3)23(20)27(25,26)19-9-6-5-7-10-19/h5-7,9-12,14-16H,4,8,13H2,1-3H3,(H,22,24)/t15-,16+/m1/s1. The van der Waals surface area contributed by atoms with Crippen molar-refractivity contribution in [2.75, 3.05) is 4.31 Å². The van der Waals surface area contributed by atoms with Crippen LogP contribution in [0.3, 0.4) is 0 Å². The Hall–Kier alpha value is -2.34. The van der Waals surface area contributed by atoms with Crippen LogP contribution in [0.2, 0.25) is 0 Å². The van der Waals surface area contributed by atoms with Gasteiger partial charge in [0.15, 0.2) is 0 Å². The molecule has 1 aliphatic rings. The van der Waals surface area contributed by atoms with E-state index < -0.39 is 10.0 Å². The van der Waals surface area contributed by atoms with Crippen LogP contribution >= 0.6 is 0 Å². The molecular weight excluding hydrogens is 360 g/mol. The van der Waals surface area contributed by atoms with Crippen molar-refractivity contribution in [3.8, 4) is 0 Å². The number of anilines is 1. The van der Waals surface area contributed by atoms with Crippen LogP contribution in [-0.4, -0.2) is 26.4 Å². The number of fused-ring (bicyclic) bond motifs is 1. The van der Waals surface area contributed by atoms with Crippen LogP contribution in [0.25, 0.3) is 0 Å².